The highest BCUT2D eigenvalue weighted by Crippen LogP contribution is 2.26. The van der Waals surface area contributed by atoms with Crippen LogP contribution in [-0.2, 0) is 17.8 Å². The summed E-state index contributed by atoms with van der Waals surface area (Å²) in [6, 6.07) is 0. The molecular formula is C17H29N3O. The Bertz CT molecular complexity index is 483. The summed E-state index contributed by atoms with van der Waals surface area (Å²) in [6.07, 6.45) is 5.81. The molecule has 4 nitrogen and oxygen atoms in total. The van der Waals surface area contributed by atoms with Gasteiger partial charge in [0.05, 0.1) is 24.9 Å². The van der Waals surface area contributed by atoms with Crippen LogP contribution in [0.25, 0.3) is 0 Å². The topological polar surface area (TPSA) is 30.3 Å². The number of hydrogen-bond donors (Lipinski definition) is 0. The van der Waals surface area contributed by atoms with E-state index < -0.39 is 0 Å². The van der Waals surface area contributed by atoms with Gasteiger partial charge in [0.2, 0.25) is 0 Å². The molecule has 1 aromatic rings. The Kier molecular flexibility index (Phi) is 4.65. The first kappa shape index (κ1) is 15.0. The number of hydrogen-bond acceptors (Lipinski definition) is 3. The molecule has 3 rings (SSSR count). The number of fused-ring (bicyclic) bond motifs is 1. The molecule has 2 atom stereocenters. The van der Waals surface area contributed by atoms with Crippen LogP contribution in [0.5, 0.6) is 0 Å². The fourth-order valence-corrected chi connectivity index (χ4v) is 3.72. The maximum Gasteiger partial charge on any atom is 0.123 e. The summed E-state index contributed by atoms with van der Waals surface area (Å²) >= 11 is 0. The first-order valence-electron chi connectivity index (χ1n) is 8.51. The molecule has 0 unspecified atom stereocenters. The molecule has 0 radical (unpaired) electrons. The minimum Gasteiger partial charge on any atom is -0.377 e. The molecule has 4 heteroatoms. The van der Waals surface area contributed by atoms with Gasteiger partial charge in [0, 0.05) is 25.3 Å². The zero-order chi connectivity index (χ0) is 14.8. The van der Waals surface area contributed by atoms with Crippen molar-refractivity contribution in [1.29, 1.82) is 0 Å². The number of ether oxygens (including phenoxy) is 1. The number of aryl methyl sites for hydroxylation is 1. The highest BCUT2D eigenvalue weighted by atomic mass is 16.5. The molecule has 1 aromatic heterocycles. The molecule has 0 saturated heterocycles. The molecule has 0 bridgehead atoms. The third kappa shape index (κ3) is 3.32. The fourth-order valence-electron chi connectivity index (χ4n) is 3.72. The zero-order valence-electron chi connectivity index (χ0n) is 13.8. The molecule has 21 heavy (non-hydrogen) atoms. The van der Waals surface area contributed by atoms with Crippen molar-refractivity contribution in [3.05, 3.63) is 17.2 Å². The Balaban J connectivity index is 1.47. The van der Waals surface area contributed by atoms with Gasteiger partial charge in [0.15, 0.2) is 0 Å². The molecule has 2 aliphatic rings. The van der Waals surface area contributed by atoms with Crippen LogP contribution in [0, 0.1) is 19.8 Å². The lowest BCUT2D eigenvalue weighted by Gasteiger charge is -2.31. The SMILES string of the molecule is Cc1nc2n(c1C)CCN(CCO[C@@H]1CCCC[C@@H]1C)C2. The van der Waals surface area contributed by atoms with E-state index in [9.17, 15) is 0 Å². The normalized spacial score (nSPS) is 26.8. The van der Waals surface area contributed by atoms with Crippen molar-refractivity contribution >= 4 is 0 Å². The van der Waals surface area contributed by atoms with Crippen molar-refractivity contribution in [2.24, 2.45) is 5.92 Å². The van der Waals surface area contributed by atoms with Gasteiger partial charge < -0.3 is 9.30 Å². The van der Waals surface area contributed by atoms with Gasteiger partial charge in [0.1, 0.15) is 5.82 Å². The van der Waals surface area contributed by atoms with Crippen LogP contribution in [0.4, 0.5) is 0 Å². The average molecular weight is 291 g/mol. The Morgan fingerprint density at radius 2 is 2.00 bits per heavy atom. The molecular weight excluding hydrogens is 262 g/mol. The maximum absolute atomic E-state index is 6.15. The number of nitrogens with zero attached hydrogens (tertiary/aromatic N) is 3. The predicted molar refractivity (Wildman–Crippen MR) is 84.4 cm³/mol. The van der Waals surface area contributed by atoms with E-state index in [0.717, 1.165) is 38.7 Å². The summed E-state index contributed by atoms with van der Waals surface area (Å²) in [5, 5.41) is 0. The van der Waals surface area contributed by atoms with Crippen LogP contribution in [0.15, 0.2) is 0 Å². The first-order valence-corrected chi connectivity index (χ1v) is 8.51. The zero-order valence-corrected chi connectivity index (χ0v) is 13.8. The van der Waals surface area contributed by atoms with Gasteiger partial charge in [-0.05, 0) is 32.6 Å². The van der Waals surface area contributed by atoms with Gasteiger partial charge >= 0.3 is 0 Å². The average Bonchev–Trinajstić information content (AvgIpc) is 2.76. The Morgan fingerprint density at radius 1 is 1.19 bits per heavy atom. The second-order valence-electron chi connectivity index (χ2n) is 6.80. The van der Waals surface area contributed by atoms with Gasteiger partial charge in [-0.15, -0.1) is 0 Å². The summed E-state index contributed by atoms with van der Waals surface area (Å²) in [4.78, 5) is 7.17. The van der Waals surface area contributed by atoms with Crippen molar-refractivity contribution in [1.82, 2.24) is 14.5 Å². The van der Waals surface area contributed by atoms with Gasteiger partial charge in [-0.3, -0.25) is 4.90 Å². The predicted octanol–water partition coefficient (Wildman–Crippen LogP) is 2.91. The summed E-state index contributed by atoms with van der Waals surface area (Å²) < 4.78 is 8.52. The second kappa shape index (κ2) is 6.49. The Labute approximate surface area is 128 Å². The summed E-state index contributed by atoms with van der Waals surface area (Å²) in [6.45, 7) is 11.7. The molecule has 0 amide bonds. The molecule has 0 N–H and O–H groups in total. The minimum atomic E-state index is 0.495. The van der Waals surface area contributed by atoms with Gasteiger partial charge in [-0.1, -0.05) is 19.8 Å². The number of aromatic nitrogens is 2. The minimum absolute atomic E-state index is 0.495. The first-order chi connectivity index (χ1) is 10.1. The summed E-state index contributed by atoms with van der Waals surface area (Å²) in [7, 11) is 0. The van der Waals surface area contributed by atoms with Crippen molar-refractivity contribution in [2.75, 3.05) is 19.7 Å². The highest BCUT2D eigenvalue weighted by molar-refractivity contribution is 5.15. The molecule has 1 aliphatic heterocycles. The second-order valence-corrected chi connectivity index (χ2v) is 6.80. The summed E-state index contributed by atoms with van der Waals surface area (Å²) in [5.74, 6) is 1.96. The largest absolute Gasteiger partial charge is 0.377 e. The quantitative estimate of drug-likeness (QED) is 0.854. The fraction of sp³-hybridized carbons (Fsp3) is 0.824. The number of rotatable bonds is 4. The Morgan fingerprint density at radius 3 is 2.81 bits per heavy atom. The monoisotopic (exact) mass is 291 g/mol. The van der Waals surface area contributed by atoms with E-state index in [-0.39, 0.29) is 0 Å². The smallest absolute Gasteiger partial charge is 0.123 e. The van der Waals surface area contributed by atoms with E-state index in [1.165, 1.54) is 42.9 Å². The van der Waals surface area contributed by atoms with Crippen LogP contribution in [-0.4, -0.2) is 40.3 Å². The molecule has 1 saturated carbocycles. The third-order valence-electron chi connectivity index (χ3n) is 5.31. The molecule has 1 aliphatic carbocycles. The molecule has 118 valence electrons. The van der Waals surface area contributed by atoms with E-state index >= 15 is 0 Å². The van der Waals surface area contributed by atoms with Crippen molar-refractivity contribution < 1.29 is 4.74 Å². The van der Waals surface area contributed by atoms with Gasteiger partial charge in [-0.2, -0.15) is 0 Å². The van der Waals surface area contributed by atoms with E-state index in [2.05, 4.69) is 30.2 Å². The summed E-state index contributed by atoms with van der Waals surface area (Å²) in [5.41, 5.74) is 2.51. The third-order valence-corrected chi connectivity index (χ3v) is 5.31. The van der Waals surface area contributed by atoms with Crippen LogP contribution >= 0.6 is 0 Å². The van der Waals surface area contributed by atoms with E-state index in [1.807, 2.05) is 0 Å². The van der Waals surface area contributed by atoms with Crippen LogP contribution in [0.2, 0.25) is 0 Å². The molecule has 0 spiro atoms. The maximum atomic E-state index is 6.15. The van der Waals surface area contributed by atoms with Crippen LogP contribution in [0.3, 0.4) is 0 Å². The highest BCUT2D eigenvalue weighted by Gasteiger charge is 2.23. The molecule has 1 fully saturated rings. The Hall–Kier alpha value is -0.870. The molecule has 2 heterocycles. The van der Waals surface area contributed by atoms with Crippen molar-refractivity contribution in [3.63, 3.8) is 0 Å². The lowest BCUT2D eigenvalue weighted by atomic mass is 9.88. The molecule has 0 aromatic carbocycles. The van der Waals surface area contributed by atoms with E-state index in [1.54, 1.807) is 0 Å². The lowest BCUT2D eigenvalue weighted by Crippen LogP contribution is -2.37. The lowest BCUT2D eigenvalue weighted by molar-refractivity contribution is -0.0161. The van der Waals surface area contributed by atoms with Crippen molar-refractivity contribution in [3.8, 4) is 0 Å². The number of imidazole rings is 1. The van der Waals surface area contributed by atoms with Gasteiger partial charge in [0.25, 0.3) is 0 Å². The van der Waals surface area contributed by atoms with E-state index in [0.29, 0.717) is 6.10 Å². The van der Waals surface area contributed by atoms with Crippen LogP contribution in [0.1, 0.15) is 49.8 Å². The van der Waals surface area contributed by atoms with Crippen molar-refractivity contribution in [2.45, 2.75) is 65.6 Å². The van der Waals surface area contributed by atoms with E-state index in [4.69, 9.17) is 9.72 Å². The standard InChI is InChI=1S/C17H29N3O/c1-13-6-4-5-7-16(13)21-11-10-19-8-9-20-15(3)14(2)18-17(20)12-19/h13,16H,4-12H2,1-3H3/t13-,16+/m0/s1. The van der Waals surface area contributed by atoms with Crippen LogP contribution < -0.4 is 0 Å². The van der Waals surface area contributed by atoms with Gasteiger partial charge in [-0.25, -0.2) is 4.98 Å².